The largest absolute Gasteiger partial charge is 0.353 e. The van der Waals surface area contributed by atoms with Crippen LogP contribution in [0, 0.1) is 0 Å². The molecule has 5 nitrogen and oxygen atoms in total. The van der Waals surface area contributed by atoms with Gasteiger partial charge in [0.15, 0.2) is 4.99 Å². The van der Waals surface area contributed by atoms with E-state index in [1.807, 2.05) is 24.3 Å². The molecule has 1 aliphatic heterocycles. The molecule has 0 bridgehead atoms. The molecule has 1 aliphatic rings. The smallest absolute Gasteiger partial charge is 0.313 e. The molecular formula is C13H18NO4PS. The van der Waals surface area contributed by atoms with E-state index in [9.17, 15) is 9.36 Å². The summed E-state index contributed by atoms with van der Waals surface area (Å²) in [5.41, 5.74) is 0.818. The summed E-state index contributed by atoms with van der Waals surface area (Å²) in [6, 6.07) is 7.52. The van der Waals surface area contributed by atoms with Crippen LogP contribution in [0.3, 0.4) is 0 Å². The van der Waals surface area contributed by atoms with Crippen LogP contribution in [0.15, 0.2) is 29.2 Å². The van der Waals surface area contributed by atoms with Crippen LogP contribution in [0.5, 0.6) is 0 Å². The summed E-state index contributed by atoms with van der Waals surface area (Å²) < 4.78 is 23.4. The molecule has 0 radical (unpaired) electrons. The molecular weight excluding hydrogens is 297 g/mol. The number of para-hydroxylation sites is 1. The maximum absolute atomic E-state index is 12.8. The predicted octanol–water partition coefficient (Wildman–Crippen LogP) is 3.35. The summed E-state index contributed by atoms with van der Waals surface area (Å²) in [5.74, 6) is -0.251. The van der Waals surface area contributed by atoms with Crippen LogP contribution >= 0.6 is 19.4 Å². The van der Waals surface area contributed by atoms with Crippen LogP contribution in [0.4, 0.5) is 5.69 Å². The molecule has 1 atom stereocenters. The fraction of sp³-hybridized carbons (Fsp3) is 0.462. The second-order valence-corrected chi connectivity index (χ2v) is 7.82. The number of hydrogen-bond acceptors (Lipinski definition) is 5. The molecule has 7 heteroatoms. The first-order valence-electron chi connectivity index (χ1n) is 6.45. The van der Waals surface area contributed by atoms with Gasteiger partial charge in [-0.2, -0.15) is 0 Å². The highest BCUT2D eigenvalue weighted by Crippen LogP contribution is 2.61. The summed E-state index contributed by atoms with van der Waals surface area (Å²) in [7, 11) is -1.80. The molecule has 20 heavy (non-hydrogen) atoms. The number of carbonyl (C=O) groups is 1. The number of anilines is 1. The lowest BCUT2D eigenvalue weighted by Gasteiger charge is -2.33. The van der Waals surface area contributed by atoms with E-state index in [4.69, 9.17) is 9.05 Å². The molecule has 0 saturated carbocycles. The van der Waals surface area contributed by atoms with Crippen molar-refractivity contribution in [2.24, 2.45) is 0 Å². The molecule has 110 valence electrons. The molecule has 1 unspecified atom stereocenters. The van der Waals surface area contributed by atoms with E-state index in [0.29, 0.717) is 0 Å². The number of carbonyl (C=O) groups excluding carboxylic acids is 1. The van der Waals surface area contributed by atoms with E-state index < -0.39 is 12.6 Å². The van der Waals surface area contributed by atoms with Crippen LogP contribution in [0.25, 0.3) is 0 Å². The zero-order valence-electron chi connectivity index (χ0n) is 11.7. The Kier molecular flexibility index (Phi) is 4.91. The lowest BCUT2D eigenvalue weighted by atomic mass is 10.3. The van der Waals surface area contributed by atoms with E-state index in [0.717, 1.165) is 10.6 Å². The number of amides is 1. The van der Waals surface area contributed by atoms with Crippen molar-refractivity contribution in [2.75, 3.05) is 25.2 Å². The van der Waals surface area contributed by atoms with Crippen molar-refractivity contribution < 1.29 is 18.4 Å². The average Bonchev–Trinajstić information content (AvgIpc) is 2.43. The Hall–Kier alpha value is -0.810. The summed E-state index contributed by atoms with van der Waals surface area (Å²) >= 11 is 1.25. The number of benzene rings is 1. The zero-order chi connectivity index (χ0) is 14.8. The van der Waals surface area contributed by atoms with Crippen molar-refractivity contribution in [1.82, 2.24) is 0 Å². The second kappa shape index (κ2) is 6.31. The summed E-state index contributed by atoms with van der Waals surface area (Å²) in [4.78, 5) is 14.0. The highest BCUT2D eigenvalue weighted by atomic mass is 32.2. The summed E-state index contributed by atoms with van der Waals surface area (Å²) in [5, 5.41) is 0. The Balaban J connectivity index is 2.39. The van der Waals surface area contributed by atoms with Gasteiger partial charge in [0.2, 0.25) is 0 Å². The fourth-order valence-electron chi connectivity index (χ4n) is 2.02. The quantitative estimate of drug-likeness (QED) is 0.780. The molecule has 0 spiro atoms. The van der Waals surface area contributed by atoms with E-state index >= 15 is 0 Å². The number of fused-ring (bicyclic) bond motifs is 1. The Bertz CT molecular complexity index is 541. The lowest BCUT2D eigenvalue weighted by Crippen LogP contribution is -2.38. The molecule has 1 aromatic carbocycles. The maximum Gasteiger partial charge on any atom is 0.353 e. The Labute approximate surface area is 123 Å². The highest BCUT2D eigenvalue weighted by Gasteiger charge is 2.46. The number of rotatable bonds is 5. The van der Waals surface area contributed by atoms with Crippen molar-refractivity contribution in [1.29, 1.82) is 0 Å². The normalized spacial score (nSPS) is 19.1. The minimum absolute atomic E-state index is 0.243. The van der Waals surface area contributed by atoms with Crippen molar-refractivity contribution in [3.63, 3.8) is 0 Å². The van der Waals surface area contributed by atoms with Crippen molar-refractivity contribution in [3.8, 4) is 0 Å². The first kappa shape index (κ1) is 15.6. The molecule has 0 fully saturated rings. The minimum atomic E-state index is -3.47. The van der Waals surface area contributed by atoms with Gasteiger partial charge in [-0.15, -0.1) is 0 Å². The van der Waals surface area contributed by atoms with E-state index in [2.05, 4.69) is 0 Å². The molecule has 1 aromatic rings. The minimum Gasteiger partial charge on any atom is -0.313 e. The van der Waals surface area contributed by atoms with Gasteiger partial charge in [0.1, 0.15) is 0 Å². The van der Waals surface area contributed by atoms with Crippen molar-refractivity contribution in [3.05, 3.63) is 24.3 Å². The van der Waals surface area contributed by atoms with Gasteiger partial charge in [0.05, 0.1) is 18.9 Å². The van der Waals surface area contributed by atoms with Crippen LogP contribution in [0.2, 0.25) is 0 Å². The van der Waals surface area contributed by atoms with E-state index in [1.165, 1.54) is 16.7 Å². The Morgan fingerprint density at radius 2 is 1.85 bits per heavy atom. The molecule has 1 heterocycles. The first-order chi connectivity index (χ1) is 9.53. The van der Waals surface area contributed by atoms with E-state index in [-0.39, 0.29) is 19.1 Å². The molecule has 0 aromatic heterocycles. The molecule has 0 aliphatic carbocycles. The lowest BCUT2D eigenvalue weighted by molar-refractivity contribution is -0.117. The Morgan fingerprint density at radius 1 is 1.25 bits per heavy atom. The van der Waals surface area contributed by atoms with Crippen LogP contribution in [0.1, 0.15) is 13.8 Å². The van der Waals surface area contributed by atoms with Gasteiger partial charge in [-0.25, -0.2) is 0 Å². The van der Waals surface area contributed by atoms with Crippen LogP contribution in [-0.2, 0) is 18.4 Å². The second-order valence-electron chi connectivity index (χ2n) is 4.21. The number of thioether (sulfide) groups is 1. The number of hydrogen-bond donors (Lipinski definition) is 0. The maximum atomic E-state index is 12.8. The van der Waals surface area contributed by atoms with E-state index in [1.54, 1.807) is 20.9 Å². The van der Waals surface area contributed by atoms with Gasteiger partial charge in [0, 0.05) is 11.9 Å². The van der Waals surface area contributed by atoms with Crippen LogP contribution in [-0.4, -0.2) is 31.2 Å². The van der Waals surface area contributed by atoms with Crippen molar-refractivity contribution >= 4 is 31.0 Å². The third kappa shape index (κ3) is 2.79. The van der Waals surface area contributed by atoms with Gasteiger partial charge < -0.3 is 13.9 Å². The molecule has 0 saturated heterocycles. The standard InChI is InChI=1S/C13H18NO4PS/c1-4-17-19(16,18-5-2)13-12(15)14(3)10-8-6-7-9-11(10)20-13/h6-9,13H,4-5H2,1-3H3. The number of nitrogens with zero attached hydrogens (tertiary/aromatic N) is 1. The average molecular weight is 315 g/mol. The topological polar surface area (TPSA) is 55.8 Å². The SMILES string of the molecule is CCOP(=O)(OCC)C1Sc2ccccc2N(C)C1=O. The van der Waals surface area contributed by atoms with Gasteiger partial charge in [-0.1, -0.05) is 23.9 Å². The third-order valence-electron chi connectivity index (χ3n) is 2.91. The predicted molar refractivity (Wildman–Crippen MR) is 80.4 cm³/mol. The van der Waals surface area contributed by atoms with Crippen molar-refractivity contribution in [2.45, 2.75) is 23.7 Å². The third-order valence-corrected chi connectivity index (χ3v) is 7.06. The molecule has 2 rings (SSSR count). The van der Waals surface area contributed by atoms with Gasteiger partial charge >= 0.3 is 7.60 Å². The highest BCUT2D eigenvalue weighted by molar-refractivity contribution is 8.06. The summed E-state index contributed by atoms with van der Waals surface area (Å²) in [6.45, 7) is 3.96. The fourth-order valence-corrected chi connectivity index (χ4v) is 5.73. The molecule has 0 N–H and O–H groups in total. The van der Waals surface area contributed by atoms with Gasteiger partial charge in [-0.3, -0.25) is 9.36 Å². The van der Waals surface area contributed by atoms with Gasteiger partial charge in [-0.05, 0) is 26.0 Å². The van der Waals surface area contributed by atoms with Gasteiger partial charge in [0.25, 0.3) is 5.91 Å². The van der Waals surface area contributed by atoms with Crippen LogP contribution < -0.4 is 4.90 Å². The Morgan fingerprint density at radius 3 is 2.45 bits per heavy atom. The zero-order valence-corrected chi connectivity index (χ0v) is 13.4. The molecule has 1 amide bonds. The monoisotopic (exact) mass is 315 g/mol. The first-order valence-corrected chi connectivity index (χ1v) is 8.94. The summed E-state index contributed by atoms with van der Waals surface area (Å²) in [6.07, 6.45) is 0.